The van der Waals surface area contributed by atoms with Gasteiger partial charge in [0.1, 0.15) is 5.75 Å². The maximum absolute atomic E-state index is 10.7. The van der Waals surface area contributed by atoms with Gasteiger partial charge in [-0.05, 0) is 93.6 Å². The van der Waals surface area contributed by atoms with Gasteiger partial charge in [0, 0.05) is 11.5 Å². The average Bonchev–Trinajstić information content (AvgIpc) is 3.30. The van der Waals surface area contributed by atoms with Crippen molar-refractivity contribution in [3.63, 3.8) is 0 Å². The monoisotopic (exact) mass is 439 g/mol. The summed E-state index contributed by atoms with van der Waals surface area (Å²) in [4.78, 5) is 13.4. The summed E-state index contributed by atoms with van der Waals surface area (Å²) < 4.78 is 5.51. The molecule has 1 aliphatic heterocycles. The molecule has 2 saturated carbocycles. The Kier molecular flexibility index (Phi) is 6.21. The highest BCUT2D eigenvalue weighted by Crippen LogP contribution is 2.59. The minimum Gasteiger partial charge on any atom is -0.497 e. The van der Waals surface area contributed by atoms with Gasteiger partial charge in [0.2, 0.25) is 0 Å². The van der Waals surface area contributed by atoms with E-state index in [-0.39, 0.29) is 17.3 Å². The Labute approximate surface area is 194 Å². The number of fused-ring (bicyclic) bond motifs is 1. The molecule has 176 valence electrons. The molecule has 2 bridgehead atoms. The van der Waals surface area contributed by atoms with Crippen LogP contribution < -0.4 is 4.74 Å². The van der Waals surface area contributed by atoms with Gasteiger partial charge in [-0.25, -0.2) is 0 Å². The van der Waals surface area contributed by atoms with Gasteiger partial charge < -0.3 is 14.7 Å². The third kappa shape index (κ3) is 3.89. The first-order valence-corrected chi connectivity index (χ1v) is 12.4. The van der Waals surface area contributed by atoms with Crippen LogP contribution in [0, 0.1) is 23.2 Å². The van der Waals surface area contributed by atoms with Crippen LogP contribution in [0.15, 0.2) is 29.8 Å². The van der Waals surface area contributed by atoms with Crippen LogP contribution in [0.2, 0.25) is 0 Å². The maximum Gasteiger partial charge on any atom is 0.307 e. The Morgan fingerprint density at radius 2 is 1.97 bits per heavy atom. The van der Waals surface area contributed by atoms with Crippen LogP contribution >= 0.6 is 0 Å². The van der Waals surface area contributed by atoms with Crippen molar-refractivity contribution < 1.29 is 14.6 Å². The van der Waals surface area contributed by atoms with E-state index in [9.17, 15) is 4.79 Å². The summed E-state index contributed by atoms with van der Waals surface area (Å²) >= 11 is 0. The fourth-order valence-corrected chi connectivity index (χ4v) is 7.12. The highest BCUT2D eigenvalue weighted by molar-refractivity contribution is 5.76. The van der Waals surface area contributed by atoms with Crippen LogP contribution in [0.25, 0.3) is 0 Å². The molecule has 1 saturated heterocycles. The smallest absolute Gasteiger partial charge is 0.307 e. The van der Waals surface area contributed by atoms with Crippen molar-refractivity contribution in [1.29, 1.82) is 0 Å². The molecule has 0 amide bonds. The lowest BCUT2D eigenvalue weighted by atomic mass is 9.52. The van der Waals surface area contributed by atoms with E-state index in [0.29, 0.717) is 5.41 Å². The number of ether oxygens (including phenoxy) is 1. The number of hydrogen-bond acceptors (Lipinski definition) is 3. The summed E-state index contributed by atoms with van der Waals surface area (Å²) in [5.74, 6) is 1.31. The van der Waals surface area contributed by atoms with Gasteiger partial charge in [0.05, 0.1) is 13.0 Å². The van der Waals surface area contributed by atoms with E-state index in [0.717, 1.165) is 17.7 Å². The molecule has 2 unspecified atom stereocenters. The number of carbonyl (C=O) groups is 1. The molecular weight excluding hydrogens is 398 g/mol. The van der Waals surface area contributed by atoms with E-state index >= 15 is 0 Å². The molecule has 4 nitrogen and oxygen atoms in total. The van der Waals surface area contributed by atoms with Crippen molar-refractivity contribution in [2.45, 2.75) is 77.7 Å². The number of allylic oxidation sites excluding steroid dienone is 2. The van der Waals surface area contributed by atoms with E-state index < -0.39 is 5.97 Å². The Morgan fingerprint density at radius 3 is 2.59 bits per heavy atom. The van der Waals surface area contributed by atoms with Crippen molar-refractivity contribution in [1.82, 2.24) is 4.90 Å². The lowest BCUT2D eigenvalue weighted by molar-refractivity contribution is -0.139. The van der Waals surface area contributed by atoms with Crippen molar-refractivity contribution in [2.75, 3.05) is 20.7 Å². The molecule has 0 radical (unpaired) electrons. The Bertz CT molecular complexity index is 900. The SMILES string of the molecule is CC(C)=CC1C(C(=O)O)C1(C)C.COc1ccc2c(c1)[C@]13CCCC[C@@H]1[C@H](C2)N(C)CC3. The normalized spacial score (nSPS) is 34.2. The number of rotatable bonds is 3. The van der Waals surface area contributed by atoms with Gasteiger partial charge in [0.25, 0.3) is 0 Å². The predicted octanol–water partition coefficient (Wildman–Crippen LogP) is 5.69. The highest BCUT2D eigenvalue weighted by atomic mass is 16.5. The predicted molar refractivity (Wildman–Crippen MR) is 129 cm³/mol. The van der Waals surface area contributed by atoms with Gasteiger partial charge in [-0.1, -0.05) is 44.4 Å². The standard InChI is InChI=1S/C18H25NO.C10H16O2/c1-19-10-9-18-8-4-3-5-15(18)17(19)11-13-6-7-14(20-2)12-16(13)18;1-6(2)5-7-8(9(11)12)10(7,3)4/h6-7,12,15,17H,3-5,8-11H2,1-2H3;5,7-8H,1-4H3,(H,11,12)/t15-,17+,18+;/m1./s1. The van der Waals surface area contributed by atoms with Crippen LogP contribution in [0.1, 0.15) is 70.9 Å². The second-order valence-electron chi connectivity index (χ2n) is 11.4. The molecule has 1 heterocycles. The molecule has 0 spiro atoms. The summed E-state index contributed by atoms with van der Waals surface area (Å²) in [6, 6.07) is 7.60. The molecule has 5 atom stereocenters. The van der Waals surface area contributed by atoms with Crippen LogP contribution in [0.3, 0.4) is 0 Å². The maximum atomic E-state index is 10.7. The van der Waals surface area contributed by atoms with Crippen LogP contribution in [0.5, 0.6) is 5.75 Å². The zero-order valence-electron chi connectivity index (χ0n) is 20.8. The van der Waals surface area contributed by atoms with Gasteiger partial charge in [0.15, 0.2) is 0 Å². The second kappa shape index (κ2) is 8.52. The number of likely N-dealkylation sites (N-methyl/N-ethyl adjacent to an activating group) is 1. The summed E-state index contributed by atoms with van der Waals surface area (Å²) in [6.07, 6.45) is 10.3. The Morgan fingerprint density at radius 1 is 1.22 bits per heavy atom. The highest BCUT2D eigenvalue weighted by Gasteiger charge is 2.60. The number of likely N-dealkylation sites (tertiary alicyclic amines) is 1. The number of nitrogens with zero attached hydrogens (tertiary/aromatic N) is 1. The van der Waals surface area contributed by atoms with Crippen molar-refractivity contribution in [3.8, 4) is 5.75 Å². The van der Waals surface area contributed by atoms with E-state index in [2.05, 4.69) is 36.2 Å². The molecule has 1 aromatic carbocycles. The third-order valence-corrected chi connectivity index (χ3v) is 9.01. The first-order valence-electron chi connectivity index (χ1n) is 12.4. The van der Waals surface area contributed by atoms with Crippen LogP contribution in [-0.2, 0) is 16.6 Å². The lowest BCUT2D eigenvalue weighted by Crippen LogP contribution is -2.59. The number of carboxylic acid groups (broad SMARTS) is 1. The largest absolute Gasteiger partial charge is 0.497 e. The van der Waals surface area contributed by atoms with Crippen LogP contribution in [0.4, 0.5) is 0 Å². The number of methoxy groups -OCH3 is 1. The van der Waals surface area contributed by atoms with E-state index in [1.54, 1.807) is 18.2 Å². The topological polar surface area (TPSA) is 49.8 Å². The third-order valence-electron chi connectivity index (χ3n) is 9.01. The molecule has 32 heavy (non-hydrogen) atoms. The molecule has 1 aromatic rings. The number of piperidine rings is 1. The van der Waals surface area contributed by atoms with E-state index in [1.165, 1.54) is 50.6 Å². The first kappa shape index (κ1) is 23.4. The first-order chi connectivity index (χ1) is 15.1. The van der Waals surface area contributed by atoms with Gasteiger partial charge in [-0.2, -0.15) is 0 Å². The molecular formula is C28H41NO3. The van der Waals surface area contributed by atoms with E-state index in [4.69, 9.17) is 9.84 Å². The fraction of sp³-hybridized carbons (Fsp3) is 0.679. The zero-order chi connectivity index (χ0) is 23.3. The fourth-order valence-electron chi connectivity index (χ4n) is 7.12. The van der Waals surface area contributed by atoms with Crippen molar-refractivity contribution in [2.24, 2.45) is 23.2 Å². The summed E-state index contributed by atoms with van der Waals surface area (Å²) in [5.41, 5.74) is 4.84. The molecule has 1 N–H and O–H groups in total. The number of carboxylic acids is 1. The number of benzene rings is 1. The number of aliphatic carboxylic acids is 1. The molecule has 3 fully saturated rings. The summed E-state index contributed by atoms with van der Waals surface area (Å²) in [6.45, 7) is 9.30. The van der Waals surface area contributed by atoms with Crippen molar-refractivity contribution in [3.05, 3.63) is 41.0 Å². The molecule has 0 aromatic heterocycles. The minimum atomic E-state index is -0.664. The Balaban J connectivity index is 0.000000176. The minimum absolute atomic E-state index is 0.0386. The molecule has 3 aliphatic carbocycles. The summed E-state index contributed by atoms with van der Waals surface area (Å²) in [7, 11) is 4.12. The molecule has 4 heteroatoms. The zero-order valence-corrected chi connectivity index (χ0v) is 20.8. The van der Waals surface area contributed by atoms with Gasteiger partial charge in [-0.3, -0.25) is 4.79 Å². The Hall–Kier alpha value is -1.81. The molecule has 5 rings (SSSR count). The quantitative estimate of drug-likeness (QED) is 0.615. The van der Waals surface area contributed by atoms with Gasteiger partial charge >= 0.3 is 5.97 Å². The van der Waals surface area contributed by atoms with E-state index in [1.807, 2.05) is 27.7 Å². The van der Waals surface area contributed by atoms with Gasteiger partial charge in [-0.15, -0.1) is 0 Å². The average molecular weight is 440 g/mol. The second-order valence-corrected chi connectivity index (χ2v) is 11.4. The van der Waals surface area contributed by atoms with Crippen molar-refractivity contribution >= 4 is 5.97 Å². The molecule has 4 aliphatic rings. The van der Waals surface area contributed by atoms with Crippen LogP contribution in [-0.4, -0.2) is 42.7 Å². The number of hydrogen-bond donors (Lipinski definition) is 1. The lowest BCUT2D eigenvalue weighted by Gasteiger charge is -2.58. The summed E-state index contributed by atoms with van der Waals surface area (Å²) in [5, 5.41) is 8.84.